The van der Waals surface area contributed by atoms with Crippen LogP contribution >= 0.6 is 11.3 Å². The number of anilines is 1. The van der Waals surface area contributed by atoms with Crippen LogP contribution in [-0.4, -0.2) is 25.7 Å². The topological polar surface area (TPSA) is 74.1 Å². The van der Waals surface area contributed by atoms with Crippen molar-refractivity contribution >= 4 is 22.2 Å². The number of hydrogen-bond donors (Lipinski definition) is 2. The highest BCUT2D eigenvalue weighted by Crippen LogP contribution is 2.34. The summed E-state index contributed by atoms with van der Waals surface area (Å²) in [6.45, 7) is 4.88. The number of nitrogens with one attached hydrogen (secondary N) is 2. The van der Waals surface area contributed by atoms with Crippen molar-refractivity contribution in [3.63, 3.8) is 0 Å². The van der Waals surface area contributed by atoms with E-state index in [1.807, 2.05) is 6.92 Å². The summed E-state index contributed by atoms with van der Waals surface area (Å²) in [4.78, 5) is 13.0. The summed E-state index contributed by atoms with van der Waals surface area (Å²) in [6.07, 6.45) is 1.98. The van der Waals surface area contributed by atoms with Crippen LogP contribution in [0, 0.1) is 11.3 Å². The minimum Gasteiger partial charge on any atom is -0.382 e. The van der Waals surface area contributed by atoms with E-state index in [9.17, 15) is 10.1 Å². The number of carbonyl (C=O) groups is 1. The lowest BCUT2D eigenvalue weighted by Gasteiger charge is -2.11. The first kappa shape index (κ1) is 15.0. The van der Waals surface area contributed by atoms with Gasteiger partial charge in [0.25, 0.3) is 0 Å². The molecule has 0 saturated heterocycles. The molecule has 1 aliphatic rings. The molecular weight excluding hydrogens is 274 g/mol. The van der Waals surface area contributed by atoms with Crippen LogP contribution in [0.15, 0.2) is 0 Å². The van der Waals surface area contributed by atoms with E-state index in [2.05, 4.69) is 16.7 Å². The Morgan fingerprint density at radius 3 is 3.20 bits per heavy atom. The minimum absolute atomic E-state index is 0.0484. The van der Waals surface area contributed by atoms with Crippen molar-refractivity contribution in [1.82, 2.24) is 5.32 Å². The van der Waals surface area contributed by atoms with Crippen LogP contribution in [0.2, 0.25) is 0 Å². The van der Waals surface area contributed by atoms with E-state index in [-0.39, 0.29) is 5.91 Å². The molecule has 0 aliphatic carbocycles. The highest BCUT2D eigenvalue weighted by molar-refractivity contribution is 7.16. The molecule has 0 unspecified atom stereocenters. The summed E-state index contributed by atoms with van der Waals surface area (Å²) in [7, 11) is 0. The van der Waals surface area contributed by atoms with Gasteiger partial charge in [-0.3, -0.25) is 4.79 Å². The molecule has 0 saturated carbocycles. The van der Waals surface area contributed by atoms with Crippen LogP contribution in [0.1, 0.15) is 35.8 Å². The van der Waals surface area contributed by atoms with E-state index in [4.69, 9.17) is 4.74 Å². The van der Waals surface area contributed by atoms with Crippen LogP contribution in [-0.2, 0) is 22.5 Å². The van der Waals surface area contributed by atoms with Gasteiger partial charge in [-0.15, -0.1) is 11.3 Å². The Morgan fingerprint density at radius 2 is 2.45 bits per heavy atom. The third-order valence-electron chi connectivity index (χ3n) is 3.19. The van der Waals surface area contributed by atoms with E-state index < -0.39 is 0 Å². The number of nitrogens with zero attached hydrogens (tertiary/aromatic N) is 1. The smallest absolute Gasteiger partial charge is 0.225 e. The van der Waals surface area contributed by atoms with Gasteiger partial charge in [-0.25, -0.2) is 0 Å². The van der Waals surface area contributed by atoms with Gasteiger partial charge in [0.15, 0.2) is 0 Å². The Balaban J connectivity index is 1.97. The zero-order valence-electron chi connectivity index (χ0n) is 11.6. The van der Waals surface area contributed by atoms with E-state index >= 15 is 0 Å². The highest BCUT2D eigenvalue weighted by atomic mass is 32.1. The molecule has 5 nitrogen and oxygen atoms in total. The van der Waals surface area contributed by atoms with Crippen molar-refractivity contribution < 1.29 is 9.53 Å². The van der Waals surface area contributed by atoms with Gasteiger partial charge in [-0.1, -0.05) is 0 Å². The molecule has 20 heavy (non-hydrogen) atoms. The lowest BCUT2D eigenvalue weighted by atomic mass is 10.1. The van der Waals surface area contributed by atoms with Gasteiger partial charge in [0, 0.05) is 31.1 Å². The number of rotatable bonds is 6. The van der Waals surface area contributed by atoms with Crippen molar-refractivity contribution in [1.29, 1.82) is 5.26 Å². The summed E-state index contributed by atoms with van der Waals surface area (Å²) < 4.78 is 5.21. The fourth-order valence-corrected chi connectivity index (χ4v) is 3.39. The summed E-state index contributed by atoms with van der Waals surface area (Å²) in [5, 5.41) is 16.1. The average molecular weight is 293 g/mol. The van der Waals surface area contributed by atoms with Gasteiger partial charge >= 0.3 is 0 Å². The van der Waals surface area contributed by atoms with Gasteiger partial charge < -0.3 is 15.4 Å². The first-order chi connectivity index (χ1) is 9.76. The number of nitriles is 1. The van der Waals surface area contributed by atoms with Crippen molar-refractivity contribution in [2.45, 2.75) is 32.7 Å². The second-order valence-corrected chi connectivity index (χ2v) is 5.70. The van der Waals surface area contributed by atoms with Crippen molar-refractivity contribution in [3.05, 3.63) is 16.0 Å². The summed E-state index contributed by atoms with van der Waals surface area (Å²) >= 11 is 1.51. The summed E-state index contributed by atoms with van der Waals surface area (Å²) in [6, 6.07) is 2.23. The number of carbonyl (C=O) groups excluding carboxylic acids is 1. The molecule has 2 N–H and O–H groups in total. The zero-order chi connectivity index (χ0) is 14.4. The van der Waals surface area contributed by atoms with Crippen molar-refractivity contribution in [3.8, 4) is 6.07 Å². The molecule has 0 spiro atoms. The number of thiophene rings is 1. The maximum absolute atomic E-state index is 11.9. The van der Waals surface area contributed by atoms with Crippen LogP contribution in [0.5, 0.6) is 0 Å². The molecule has 0 radical (unpaired) electrons. The molecule has 0 aromatic carbocycles. The fourth-order valence-electron chi connectivity index (χ4n) is 2.21. The molecular formula is C14H19N3O2S. The lowest BCUT2D eigenvalue weighted by Crippen LogP contribution is -2.22. The second kappa shape index (κ2) is 7.39. The molecule has 1 aromatic heterocycles. The summed E-state index contributed by atoms with van der Waals surface area (Å²) in [5.41, 5.74) is 1.74. The molecule has 0 atom stereocenters. The highest BCUT2D eigenvalue weighted by Gasteiger charge is 2.21. The monoisotopic (exact) mass is 293 g/mol. The first-order valence-corrected chi connectivity index (χ1v) is 7.70. The van der Waals surface area contributed by atoms with E-state index in [0.29, 0.717) is 36.6 Å². The standard InChI is InChI=1S/C14H19N3O2S/c1-2-19-7-3-4-13(18)17-14-11(8-15)10-5-6-16-9-12(10)20-14/h16H,2-7,9H2,1H3,(H,17,18). The normalized spacial score (nSPS) is 13.6. The van der Waals surface area contributed by atoms with Crippen LogP contribution in [0.3, 0.4) is 0 Å². The third-order valence-corrected chi connectivity index (χ3v) is 4.34. The number of ether oxygens (including phenoxy) is 1. The largest absolute Gasteiger partial charge is 0.382 e. The van der Waals surface area contributed by atoms with E-state index in [1.54, 1.807) is 0 Å². The van der Waals surface area contributed by atoms with Crippen LogP contribution in [0.25, 0.3) is 0 Å². The second-order valence-electron chi connectivity index (χ2n) is 4.60. The van der Waals surface area contributed by atoms with Crippen molar-refractivity contribution in [2.24, 2.45) is 0 Å². The predicted molar refractivity (Wildman–Crippen MR) is 78.8 cm³/mol. The Hall–Kier alpha value is -1.42. The maximum Gasteiger partial charge on any atom is 0.225 e. The molecule has 1 amide bonds. The van der Waals surface area contributed by atoms with Crippen LogP contribution < -0.4 is 10.6 Å². The maximum atomic E-state index is 11.9. The van der Waals surface area contributed by atoms with Gasteiger partial charge in [0.2, 0.25) is 5.91 Å². The third kappa shape index (κ3) is 3.57. The molecule has 1 aromatic rings. The molecule has 2 rings (SSSR count). The number of fused-ring (bicyclic) bond motifs is 1. The van der Waals surface area contributed by atoms with Crippen molar-refractivity contribution in [2.75, 3.05) is 25.1 Å². The van der Waals surface area contributed by atoms with Gasteiger partial charge in [-0.05, 0) is 31.9 Å². The molecule has 6 heteroatoms. The fraction of sp³-hybridized carbons (Fsp3) is 0.571. The number of hydrogen-bond acceptors (Lipinski definition) is 5. The Kier molecular flexibility index (Phi) is 5.53. The molecule has 0 bridgehead atoms. The van der Waals surface area contributed by atoms with Crippen LogP contribution in [0.4, 0.5) is 5.00 Å². The predicted octanol–water partition coefficient (Wildman–Crippen LogP) is 2.02. The molecule has 2 heterocycles. The van der Waals surface area contributed by atoms with E-state index in [0.717, 1.165) is 30.0 Å². The van der Waals surface area contributed by atoms with Gasteiger partial charge in [0.05, 0.1) is 5.56 Å². The van der Waals surface area contributed by atoms with Gasteiger partial charge in [0.1, 0.15) is 11.1 Å². The molecule has 0 fully saturated rings. The van der Waals surface area contributed by atoms with E-state index in [1.165, 1.54) is 11.3 Å². The minimum atomic E-state index is -0.0484. The zero-order valence-corrected chi connectivity index (χ0v) is 12.4. The molecule has 1 aliphatic heterocycles. The molecule has 108 valence electrons. The quantitative estimate of drug-likeness (QED) is 0.787. The SMILES string of the molecule is CCOCCCC(=O)Nc1sc2c(c1C#N)CCNC2. The Morgan fingerprint density at radius 1 is 1.60 bits per heavy atom. The Bertz CT molecular complexity index is 519. The van der Waals surface area contributed by atoms with Gasteiger partial charge in [-0.2, -0.15) is 5.26 Å². The average Bonchev–Trinajstić information content (AvgIpc) is 2.80. The Labute approximate surface area is 122 Å². The lowest BCUT2D eigenvalue weighted by molar-refractivity contribution is -0.116. The first-order valence-electron chi connectivity index (χ1n) is 6.89. The number of amides is 1. The summed E-state index contributed by atoms with van der Waals surface area (Å²) in [5.74, 6) is -0.0484.